The summed E-state index contributed by atoms with van der Waals surface area (Å²) < 4.78 is 24.9. The van der Waals surface area contributed by atoms with E-state index in [1.54, 1.807) is 11.3 Å². The van der Waals surface area contributed by atoms with Gasteiger partial charge in [-0.15, -0.1) is 11.3 Å². The monoisotopic (exact) mass is 337 g/mol. The molecule has 1 aromatic heterocycles. The molecule has 0 saturated heterocycles. The van der Waals surface area contributed by atoms with Gasteiger partial charge in [0.1, 0.15) is 0 Å². The van der Waals surface area contributed by atoms with Crippen molar-refractivity contribution < 1.29 is 8.42 Å². The minimum Gasteiger partial charge on any atom is -0.359 e. The van der Waals surface area contributed by atoms with Crippen LogP contribution in [-0.4, -0.2) is 32.2 Å². The van der Waals surface area contributed by atoms with Gasteiger partial charge < -0.3 is 5.32 Å². The Kier molecular flexibility index (Phi) is 4.10. The van der Waals surface area contributed by atoms with Crippen LogP contribution in [0.5, 0.6) is 0 Å². The lowest BCUT2D eigenvalue weighted by Crippen LogP contribution is -2.29. The van der Waals surface area contributed by atoms with Crippen molar-refractivity contribution in [3.05, 3.63) is 29.6 Å². The summed E-state index contributed by atoms with van der Waals surface area (Å²) in [5.74, 6) is 0. The Morgan fingerprint density at radius 2 is 2.00 bits per heavy atom. The Morgan fingerprint density at radius 1 is 1.32 bits per heavy atom. The molecule has 5 nitrogen and oxygen atoms in total. The van der Waals surface area contributed by atoms with E-state index in [1.807, 2.05) is 36.6 Å². The van der Waals surface area contributed by atoms with Crippen molar-refractivity contribution in [3.63, 3.8) is 0 Å². The maximum absolute atomic E-state index is 11.7. The van der Waals surface area contributed by atoms with Gasteiger partial charge in [-0.25, -0.2) is 13.4 Å². The van der Waals surface area contributed by atoms with E-state index in [2.05, 4.69) is 10.3 Å². The zero-order chi connectivity index (χ0) is 15.7. The average molecular weight is 337 g/mol. The van der Waals surface area contributed by atoms with Crippen LogP contribution in [0.15, 0.2) is 29.6 Å². The summed E-state index contributed by atoms with van der Waals surface area (Å²) in [6, 6.07) is 8.08. The molecule has 7 heteroatoms. The number of sulfonamides is 1. The molecule has 1 aromatic carbocycles. The van der Waals surface area contributed by atoms with Crippen LogP contribution in [0, 0.1) is 0 Å². The lowest BCUT2D eigenvalue weighted by molar-refractivity contribution is 0.598. The molecule has 1 aliphatic rings. The van der Waals surface area contributed by atoms with E-state index in [1.165, 1.54) is 23.4 Å². The predicted molar refractivity (Wildman–Crippen MR) is 92.1 cm³/mol. The van der Waals surface area contributed by atoms with Crippen LogP contribution in [0.25, 0.3) is 11.3 Å². The van der Waals surface area contributed by atoms with E-state index < -0.39 is 10.0 Å². The van der Waals surface area contributed by atoms with Gasteiger partial charge in [-0.05, 0) is 31.9 Å². The highest BCUT2D eigenvalue weighted by molar-refractivity contribution is 7.92. The van der Waals surface area contributed by atoms with Crippen molar-refractivity contribution in [3.8, 4) is 11.3 Å². The molecule has 0 amide bonds. The van der Waals surface area contributed by atoms with E-state index in [0.717, 1.165) is 16.4 Å². The van der Waals surface area contributed by atoms with Crippen molar-refractivity contribution in [2.75, 3.05) is 22.4 Å². The minimum absolute atomic E-state index is 0.421. The van der Waals surface area contributed by atoms with Crippen molar-refractivity contribution in [2.24, 2.45) is 0 Å². The van der Waals surface area contributed by atoms with Crippen molar-refractivity contribution >= 4 is 32.2 Å². The fourth-order valence-corrected chi connectivity index (χ4v) is 4.05. The maximum atomic E-state index is 11.7. The normalized spacial score (nSPS) is 14.8. The van der Waals surface area contributed by atoms with Gasteiger partial charge in [0.05, 0.1) is 17.6 Å². The quantitative estimate of drug-likeness (QED) is 0.879. The molecule has 0 radical (unpaired) electrons. The first-order valence-electron chi connectivity index (χ1n) is 7.27. The lowest BCUT2D eigenvalue weighted by atomic mass is 10.1. The SMILES string of the molecule is CCN(c1ccc(-c2csc(NC3CC3)n2)cc1)S(C)(=O)=O. The first-order valence-corrected chi connectivity index (χ1v) is 10.0. The first-order chi connectivity index (χ1) is 10.5. The Labute approximate surface area is 135 Å². The number of benzene rings is 1. The number of hydrogen-bond acceptors (Lipinski definition) is 5. The number of nitrogens with zero attached hydrogens (tertiary/aromatic N) is 2. The summed E-state index contributed by atoms with van der Waals surface area (Å²) in [5, 5.41) is 6.36. The van der Waals surface area contributed by atoms with Crippen LogP contribution < -0.4 is 9.62 Å². The summed E-state index contributed by atoms with van der Waals surface area (Å²) in [6.45, 7) is 2.25. The van der Waals surface area contributed by atoms with E-state index in [0.29, 0.717) is 18.3 Å². The molecule has 118 valence electrons. The van der Waals surface area contributed by atoms with Crippen LogP contribution in [0.4, 0.5) is 10.8 Å². The maximum Gasteiger partial charge on any atom is 0.232 e. The van der Waals surface area contributed by atoms with Gasteiger partial charge in [0.2, 0.25) is 10.0 Å². The second-order valence-electron chi connectivity index (χ2n) is 5.43. The highest BCUT2D eigenvalue weighted by atomic mass is 32.2. The molecule has 0 spiro atoms. The summed E-state index contributed by atoms with van der Waals surface area (Å²) >= 11 is 1.60. The van der Waals surface area contributed by atoms with Gasteiger partial charge in [-0.1, -0.05) is 12.1 Å². The fourth-order valence-electron chi connectivity index (χ4n) is 2.28. The molecular formula is C15H19N3O2S2. The van der Waals surface area contributed by atoms with E-state index in [9.17, 15) is 8.42 Å². The minimum atomic E-state index is -3.24. The van der Waals surface area contributed by atoms with E-state index >= 15 is 0 Å². The summed E-state index contributed by atoms with van der Waals surface area (Å²) in [5.41, 5.74) is 2.59. The molecule has 0 atom stereocenters. The third-order valence-electron chi connectivity index (χ3n) is 3.55. The van der Waals surface area contributed by atoms with Gasteiger partial charge in [-0.3, -0.25) is 4.31 Å². The second kappa shape index (κ2) is 5.89. The topological polar surface area (TPSA) is 62.3 Å². The molecule has 3 rings (SSSR count). The van der Waals surface area contributed by atoms with Crippen LogP contribution >= 0.6 is 11.3 Å². The van der Waals surface area contributed by atoms with Crippen LogP contribution in [-0.2, 0) is 10.0 Å². The van der Waals surface area contributed by atoms with Crippen LogP contribution in [0.3, 0.4) is 0 Å². The van der Waals surface area contributed by atoms with Crippen LogP contribution in [0.2, 0.25) is 0 Å². The Balaban J connectivity index is 1.79. The molecule has 1 heterocycles. The molecule has 1 aliphatic carbocycles. The largest absolute Gasteiger partial charge is 0.359 e. The molecular weight excluding hydrogens is 318 g/mol. The lowest BCUT2D eigenvalue weighted by Gasteiger charge is -2.20. The molecule has 1 N–H and O–H groups in total. The van der Waals surface area contributed by atoms with Crippen molar-refractivity contribution in [2.45, 2.75) is 25.8 Å². The van der Waals surface area contributed by atoms with Gasteiger partial charge >= 0.3 is 0 Å². The zero-order valence-electron chi connectivity index (χ0n) is 12.6. The summed E-state index contributed by atoms with van der Waals surface area (Å²) in [4.78, 5) is 4.58. The van der Waals surface area contributed by atoms with Crippen molar-refractivity contribution in [1.29, 1.82) is 0 Å². The third kappa shape index (κ3) is 3.41. The van der Waals surface area contributed by atoms with Gasteiger partial charge in [0.25, 0.3) is 0 Å². The Bertz CT molecular complexity index is 749. The van der Waals surface area contributed by atoms with Crippen molar-refractivity contribution in [1.82, 2.24) is 4.98 Å². The number of aromatic nitrogens is 1. The standard InChI is InChI=1S/C15H19N3O2S2/c1-3-18(22(2,19)20)13-8-4-11(5-9-13)14-10-21-15(17-14)16-12-6-7-12/h4-5,8-10,12H,3,6-7H2,1-2H3,(H,16,17). The molecule has 1 saturated carbocycles. The number of nitrogens with one attached hydrogen (secondary N) is 1. The summed E-state index contributed by atoms with van der Waals surface area (Å²) in [7, 11) is -3.24. The molecule has 0 bridgehead atoms. The molecule has 0 aliphatic heterocycles. The predicted octanol–water partition coefficient (Wildman–Crippen LogP) is 3.17. The third-order valence-corrected chi connectivity index (χ3v) is 5.59. The van der Waals surface area contributed by atoms with E-state index in [-0.39, 0.29) is 0 Å². The number of hydrogen-bond donors (Lipinski definition) is 1. The summed E-state index contributed by atoms with van der Waals surface area (Å²) in [6.07, 6.45) is 3.67. The average Bonchev–Trinajstić information content (AvgIpc) is 3.15. The second-order valence-corrected chi connectivity index (χ2v) is 8.20. The fraction of sp³-hybridized carbons (Fsp3) is 0.400. The number of rotatable bonds is 6. The highest BCUT2D eigenvalue weighted by Crippen LogP contribution is 2.30. The Hall–Kier alpha value is -1.60. The van der Waals surface area contributed by atoms with Gasteiger partial charge in [0, 0.05) is 23.5 Å². The smallest absolute Gasteiger partial charge is 0.232 e. The molecule has 1 fully saturated rings. The first kappa shape index (κ1) is 15.3. The number of anilines is 2. The Morgan fingerprint density at radius 3 is 2.55 bits per heavy atom. The zero-order valence-corrected chi connectivity index (χ0v) is 14.2. The number of thiazole rings is 1. The molecule has 22 heavy (non-hydrogen) atoms. The molecule has 2 aromatic rings. The van der Waals surface area contributed by atoms with Gasteiger partial charge in [0.15, 0.2) is 5.13 Å². The van der Waals surface area contributed by atoms with Crippen LogP contribution in [0.1, 0.15) is 19.8 Å². The van der Waals surface area contributed by atoms with E-state index in [4.69, 9.17) is 0 Å². The highest BCUT2D eigenvalue weighted by Gasteiger charge is 2.22. The van der Waals surface area contributed by atoms with Gasteiger partial charge in [-0.2, -0.15) is 0 Å². The molecule has 0 unspecified atom stereocenters.